The molecule has 2 aliphatic rings. The van der Waals surface area contributed by atoms with Crippen molar-refractivity contribution in [1.29, 1.82) is 0 Å². The fraction of sp³-hybridized carbons (Fsp3) is 1.00. The van der Waals surface area contributed by atoms with Crippen molar-refractivity contribution < 1.29 is 0 Å². The minimum absolute atomic E-state index is 0.855. The number of hydrogen-bond acceptors (Lipinski definition) is 1. The second-order valence-corrected chi connectivity index (χ2v) is 6.03. The van der Waals surface area contributed by atoms with Crippen molar-refractivity contribution in [1.82, 2.24) is 5.32 Å². The van der Waals surface area contributed by atoms with Crippen molar-refractivity contribution in [2.24, 2.45) is 11.8 Å². The maximum atomic E-state index is 3.77. The molecule has 0 aromatic carbocycles. The average molecular weight is 223 g/mol. The molecule has 0 spiro atoms. The zero-order chi connectivity index (χ0) is 11.2. The van der Waals surface area contributed by atoms with E-state index in [1.807, 2.05) is 0 Å². The summed E-state index contributed by atoms with van der Waals surface area (Å²) in [6.45, 7) is 3.62. The molecule has 1 heteroatoms. The molecule has 2 unspecified atom stereocenters. The first-order chi connectivity index (χ1) is 7.88. The van der Waals surface area contributed by atoms with E-state index in [1.165, 1.54) is 70.8 Å². The highest BCUT2D eigenvalue weighted by atomic mass is 14.9. The van der Waals surface area contributed by atoms with E-state index in [0.717, 1.165) is 17.9 Å². The molecule has 2 rings (SSSR count). The summed E-state index contributed by atoms with van der Waals surface area (Å²) < 4.78 is 0. The Bertz CT molecular complexity index is 184. The molecule has 0 radical (unpaired) electrons. The van der Waals surface area contributed by atoms with Gasteiger partial charge in [0.2, 0.25) is 0 Å². The van der Waals surface area contributed by atoms with Crippen LogP contribution in [-0.4, -0.2) is 12.6 Å². The van der Waals surface area contributed by atoms with E-state index in [0.29, 0.717) is 0 Å². The van der Waals surface area contributed by atoms with Crippen LogP contribution >= 0.6 is 0 Å². The van der Waals surface area contributed by atoms with Crippen molar-refractivity contribution in [2.75, 3.05) is 6.54 Å². The van der Waals surface area contributed by atoms with Crippen LogP contribution in [-0.2, 0) is 0 Å². The minimum Gasteiger partial charge on any atom is -0.314 e. The highest BCUT2D eigenvalue weighted by Crippen LogP contribution is 2.29. The van der Waals surface area contributed by atoms with Gasteiger partial charge in [-0.2, -0.15) is 0 Å². The zero-order valence-corrected chi connectivity index (χ0v) is 11.0. The van der Waals surface area contributed by atoms with E-state index in [-0.39, 0.29) is 0 Å². The fourth-order valence-corrected chi connectivity index (χ4v) is 3.63. The summed E-state index contributed by atoms with van der Waals surface area (Å²) >= 11 is 0. The lowest BCUT2D eigenvalue weighted by atomic mass is 10.0. The summed E-state index contributed by atoms with van der Waals surface area (Å²) in [5.74, 6) is 2.10. The molecule has 94 valence electrons. The maximum absolute atomic E-state index is 3.77. The molecule has 2 fully saturated rings. The van der Waals surface area contributed by atoms with Crippen molar-refractivity contribution in [3.05, 3.63) is 0 Å². The number of nitrogens with one attached hydrogen (secondary N) is 1. The van der Waals surface area contributed by atoms with Gasteiger partial charge in [0, 0.05) is 6.04 Å². The van der Waals surface area contributed by atoms with Crippen LogP contribution in [0, 0.1) is 11.8 Å². The van der Waals surface area contributed by atoms with Gasteiger partial charge in [0.05, 0.1) is 0 Å². The van der Waals surface area contributed by atoms with E-state index in [9.17, 15) is 0 Å². The van der Waals surface area contributed by atoms with Crippen LogP contribution in [0.25, 0.3) is 0 Å². The summed E-state index contributed by atoms with van der Waals surface area (Å²) in [6.07, 6.45) is 14.7. The first-order valence-electron chi connectivity index (χ1n) is 7.62. The standard InChI is InChI=1S/C15H29N/c1-2-13-9-10-15(12-13)16-11-5-8-14-6-3-4-7-14/h13-16H,2-12H2,1H3. The largest absolute Gasteiger partial charge is 0.314 e. The molecule has 0 aromatic rings. The first-order valence-corrected chi connectivity index (χ1v) is 7.62. The van der Waals surface area contributed by atoms with Crippen molar-refractivity contribution >= 4 is 0 Å². The van der Waals surface area contributed by atoms with Crippen LogP contribution in [0.15, 0.2) is 0 Å². The molecule has 1 nitrogen and oxygen atoms in total. The van der Waals surface area contributed by atoms with Crippen molar-refractivity contribution in [3.63, 3.8) is 0 Å². The lowest BCUT2D eigenvalue weighted by Crippen LogP contribution is -2.27. The zero-order valence-electron chi connectivity index (χ0n) is 11.0. The Morgan fingerprint density at radius 2 is 1.81 bits per heavy atom. The van der Waals surface area contributed by atoms with Gasteiger partial charge < -0.3 is 5.32 Å². The third-order valence-corrected chi connectivity index (χ3v) is 4.82. The predicted octanol–water partition coefficient (Wildman–Crippen LogP) is 4.13. The van der Waals surface area contributed by atoms with Gasteiger partial charge in [0.1, 0.15) is 0 Å². The summed E-state index contributed by atoms with van der Waals surface area (Å²) in [4.78, 5) is 0. The van der Waals surface area contributed by atoms with Crippen LogP contribution in [0.3, 0.4) is 0 Å². The molecule has 0 aliphatic heterocycles. The van der Waals surface area contributed by atoms with Gasteiger partial charge in [-0.3, -0.25) is 0 Å². The predicted molar refractivity (Wildman–Crippen MR) is 70.6 cm³/mol. The van der Waals surface area contributed by atoms with Crippen molar-refractivity contribution in [3.8, 4) is 0 Å². The molecule has 2 aliphatic carbocycles. The van der Waals surface area contributed by atoms with E-state index in [4.69, 9.17) is 0 Å². The van der Waals surface area contributed by atoms with Gasteiger partial charge in [0.15, 0.2) is 0 Å². The van der Waals surface area contributed by atoms with Gasteiger partial charge in [-0.25, -0.2) is 0 Å². The van der Waals surface area contributed by atoms with E-state index in [2.05, 4.69) is 12.2 Å². The Balaban J connectivity index is 1.48. The molecule has 2 atom stereocenters. The van der Waals surface area contributed by atoms with Crippen LogP contribution in [0.5, 0.6) is 0 Å². The molecule has 2 saturated carbocycles. The maximum Gasteiger partial charge on any atom is 0.00698 e. The number of hydrogen-bond donors (Lipinski definition) is 1. The van der Waals surface area contributed by atoms with Crippen LogP contribution in [0.2, 0.25) is 0 Å². The van der Waals surface area contributed by atoms with Crippen molar-refractivity contribution in [2.45, 2.75) is 77.2 Å². The molecule has 0 bridgehead atoms. The summed E-state index contributed by atoms with van der Waals surface area (Å²) in [6, 6.07) is 0.855. The quantitative estimate of drug-likeness (QED) is 0.668. The highest BCUT2D eigenvalue weighted by Gasteiger charge is 2.22. The molecular formula is C15H29N. The molecule has 1 N–H and O–H groups in total. The summed E-state index contributed by atoms with van der Waals surface area (Å²) in [5, 5.41) is 3.77. The van der Waals surface area contributed by atoms with Crippen LogP contribution in [0.4, 0.5) is 0 Å². The summed E-state index contributed by atoms with van der Waals surface area (Å²) in [7, 11) is 0. The van der Waals surface area contributed by atoms with E-state index >= 15 is 0 Å². The molecule has 16 heavy (non-hydrogen) atoms. The number of rotatable bonds is 6. The van der Waals surface area contributed by atoms with Gasteiger partial charge in [-0.1, -0.05) is 39.0 Å². The fourth-order valence-electron chi connectivity index (χ4n) is 3.63. The van der Waals surface area contributed by atoms with Gasteiger partial charge >= 0.3 is 0 Å². The average Bonchev–Trinajstić information content (AvgIpc) is 2.95. The molecule has 0 amide bonds. The Morgan fingerprint density at radius 3 is 2.50 bits per heavy atom. The third kappa shape index (κ3) is 3.76. The van der Waals surface area contributed by atoms with Gasteiger partial charge in [-0.05, 0) is 50.5 Å². The molecule has 0 saturated heterocycles. The Hall–Kier alpha value is -0.0400. The monoisotopic (exact) mass is 223 g/mol. The van der Waals surface area contributed by atoms with Gasteiger partial charge in [0.25, 0.3) is 0 Å². The molecular weight excluding hydrogens is 194 g/mol. The van der Waals surface area contributed by atoms with Crippen LogP contribution in [0.1, 0.15) is 71.1 Å². The lowest BCUT2D eigenvalue weighted by Gasteiger charge is -2.14. The SMILES string of the molecule is CCC1CCC(NCCCC2CCCC2)C1. The Kier molecular flexibility index (Phi) is 5.15. The molecule has 0 heterocycles. The van der Waals surface area contributed by atoms with E-state index < -0.39 is 0 Å². The Morgan fingerprint density at radius 1 is 1.00 bits per heavy atom. The topological polar surface area (TPSA) is 12.0 Å². The normalized spacial score (nSPS) is 31.3. The minimum atomic E-state index is 0.855. The second-order valence-electron chi connectivity index (χ2n) is 6.03. The van der Waals surface area contributed by atoms with E-state index in [1.54, 1.807) is 0 Å². The summed E-state index contributed by atoms with van der Waals surface area (Å²) in [5.41, 5.74) is 0. The second kappa shape index (κ2) is 6.64. The first kappa shape index (κ1) is 12.4. The lowest BCUT2D eigenvalue weighted by molar-refractivity contribution is 0.436. The Labute approximate surface area is 101 Å². The smallest absolute Gasteiger partial charge is 0.00698 e. The van der Waals surface area contributed by atoms with Crippen LogP contribution < -0.4 is 5.32 Å². The highest BCUT2D eigenvalue weighted by molar-refractivity contribution is 4.79. The molecule has 0 aromatic heterocycles. The third-order valence-electron chi connectivity index (χ3n) is 4.82. The van der Waals surface area contributed by atoms with Gasteiger partial charge in [-0.15, -0.1) is 0 Å².